The van der Waals surface area contributed by atoms with Crippen molar-refractivity contribution in [1.29, 1.82) is 0 Å². The number of amides is 2. The van der Waals surface area contributed by atoms with Gasteiger partial charge in [-0.3, -0.25) is 9.59 Å². The first-order chi connectivity index (χ1) is 13.8. The molecular weight excluding hydrogens is 396 g/mol. The van der Waals surface area contributed by atoms with Crippen LogP contribution in [0.2, 0.25) is 0 Å². The molecule has 3 rings (SSSR count). The first-order valence-corrected chi connectivity index (χ1v) is 9.09. The average molecular weight is 410 g/mol. The Bertz CT molecular complexity index is 1060. The van der Waals surface area contributed by atoms with Crippen LogP contribution in [-0.4, -0.2) is 34.0 Å². The molecule has 0 spiro atoms. The molecule has 9 heteroatoms. The SMILES string of the molecule is O=C(O)c1cc(NC(=O)c2ccc(NC(=O)c3cccs3)cc2)cc(C(=O)O)c1. The smallest absolute Gasteiger partial charge is 0.335 e. The van der Waals surface area contributed by atoms with E-state index in [2.05, 4.69) is 10.6 Å². The van der Waals surface area contributed by atoms with Crippen molar-refractivity contribution in [3.63, 3.8) is 0 Å². The van der Waals surface area contributed by atoms with Gasteiger partial charge in [0, 0.05) is 16.9 Å². The number of carboxylic acids is 2. The molecule has 146 valence electrons. The molecular formula is C20H14N2O6S. The predicted molar refractivity (Wildman–Crippen MR) is 107 cm³/mol. The number of hydrogen-bond acceptors (Lipinski definition) is 5. The lowest BCUT2D eigenvalue weighted by atomic mass is 10.1. The van der Waals surface area contributed by atoms with E-state index in [1.807, 2.05) is 0 Å². The molecule has 29 heavy (non-hydrogen) atoms. The molecule has 0 atom stereocenters. The van der Waals surface area contributed by atoms with Crippen LogP contribution >= 0.6 is 11.3 Å². The lowest BCUT2D eigenvalue weighted by Crippen LogP contribution is -2.14. The van der Waals surface area contributed by atoms with Crippen molar-refractivity contribution in [2.24, 2.45) is 0 Å². The van der Waals surface area contributed by atoms with Gasteiger partial charge in [0.2, 0.25) is 0 Å². The summed E-state index contributed by atoms with van der Waals surface area (Å²) in [5, 5.41) is 25.2. The van der Waals surface area contributed by atoms with Crippen molar-refractivity contribution in [1.82, 2.24) is 0 Å². The van der Waals surface area contributed by atoms with Crippen molar-refractivity contribution in [3.8, 4) is 0 Å². The molecule has 0 bridgehead atoms. The number of hydrogen-bond donors (Lipinski definition) is 4. The van der Waals surface area contributed by atoms with Crippen molar-refractivity contribution in [2.75, 3.05) is 10.6 Å². The minimum atomic E-state index is -1.31. The molecule has 1 heterocycles. The molecule has 2 amide bonds. The van der Waals surface area contributed by atoms with Gasteiger partial charge in [-0.15, -0.1) is 11.3 Å². The Kier molecular flexibility index (Phi) is 5.70. The maximum Gasteiger partial charge on any atom is 0.335 e. The van der Waals surface area contributed by atoms with Crippen LogP contribution in [0.1, 0.15) is 40.7 Å². The first kappa shape index (κ1) is 19.8. The van der Waals surface area contributed by atoms with Gasteiger partial charge in [-0.2, -0.15) is 0 Å². The molecule has 0 aliphatic rings. The largest absolute Gasteiger partial charge is 0.478 e. The number of carbonyl (C=O) groups excluding carboxylic acids is 2. The molecule has 0 saturated heterocycles. The Hall–Kier alpha value is -3.98. The van der Waals surface area contributed by atoms with E-state index in [-0.39, 0.29) is 28.3 Å². The normalized spacial score (nSPS) is 10.2. The fraction of sp³-hybridized carbons (Fsp3) is 0. The standard InChI is InChI=1S/C20H14N2O6S/c23-17(22-15-9-12(19(25)26)8-13(10-15)20(27)28)11-3-5-14(6-4-11)21-18(24)16-2-1-7-29-16/h1-10H,(H,21,24)(H,22,23)(H,25,26)(H,27,28). The molecule has 0 saturated carbocycles. The highest BCUT2D eigenvalue weighted by atomic mass is 32.1. The summed E-state index contributed by atoms with van der Waals surface area (Å²) in [4.78, 5) is 47.3. The second-order valence-corrected chi connectivity index (χ2v) is 6.82. The minimum Gasteiger partial charge on any atom is -0.478 e. The van der Waals surface area contributed by atoms with Gasteiger partial charge in [0.05, 0.1) is 16.0 Å². The van der Waals surface area contributed by atoms with Gasteiger partial charge < -0.3 is 20.8 Å². The second-order valence-electron chi connectivity index (χ2n) is 5.87. The van der Waals surface area contributed by atoms with Crippen LogP contribution in [0.25, 0.3) is 0 Å². The van der Waals surface area contributed by atoms with Crippen LogP contribution in [0.5, 0.6) is 0 Å². The van der Waals surface area contributed by atoms with Gasteiger partial charge in [-0.05, 0) is 53.9 Å². The van der Waals surface area contributed by atoms with Crippen LogP contribution in [0.4, 0.5) is 11.4 Å². The number of rotatable bonds is 6. The summed E-state index contributed by atoms with van der Waals surface area (Å²) in [7, 11) is 0. The molecule has 0 aliphatic heterocycles. The maximum atomic E-state index is 12.4. The van der Waals surface area contributed by atoms with E-state index in [1.54, 1.807) is 29.6 Å². The van der Waals surface area contributed by atoms with E-state index in [0.717, 1.165) is 6.07 Å². The maximum absolute atomic E-state index is 12.4. The molecule has 8 nitrogen and oxygen atoms in total. The van der Waals surface area contributed by atoms with Gasteiger partial charge in [0.15, 0.2) is 0 Å². The van der Waals surface area contributed by atoms with Gasteiger partial charge in [-0.1, -0.05) is 6.07 Å². The topological polar surface area (TPSA) is 133 Å². The predicted octanol–water partition coefficient (Wildman–Crippen LogP) is 3.65. The van der Waals surface area contributed by atoms with Crippen molar-refractivity contribution in [3.05, 3.63) is 81.5 Å². The summed E-state index contributed by atoms with van der Waals surface area (Å²) in [6, 6.07) is 12.9. The Labute approximate surface area is 168 Å². The van der Waals surface area contributed by atoms with Crippen molar-refractivity contribution >= 4 is 46.5 Å². The van der Waals surface area contributed by atoms with Gasteiger partial charge >= 0.3 is 11.9 Å². The highest BCUT2D eigenvalue weighted by Gasteiger charge is 2.14. The Morgan fingerprint density at radius 2 is 1.28 bits per heavy atom. The lowest BCUT2D eigenvalue weighted by molar-refractivity contribution is 0.0696. The summed E-state index contributed by atoms with van der Waals surface area (Å²) < 4.78 is 0. The highest BCUT2D eigenvalue weighted by Crippen LogP contribution is 2.18. The summed E-state index contributed by atoms with van der Waals surface area (Å²) >= 11 is 1.31. The minimum absolute atomic E-state index is 0.0439. The van der Waals surface area contributed by atoms with Gasteiger partial charge in [0.1, 0.15) is 0 Å². The number of anilines is 2. The third-order valence-electron chi connectivity index (χ3n) is 3.83. The Morgan fingerprint density at radius 3 is 1.79 bits per heavy atom. The summed E-state index contributed by atoms with van der Waals surface area (Å²) in [6.07, 6.45) is 0. The van der Waals surface area contributed by atoms with Gasteiger partial charge in [-0.25, -0.2) is 9.59 Å². The van der Waals surface area contributed by atoms with Crippen molar-refractivity contribution in [2.45, 2.75) is 0 Å². The second kappa shape index (κ2) is 8.36. The molecule has 4 N–H and O–H groups in total. The average Bonchev–Trinajstić information content (AvgIpc) is 3.23. The molecule has 2 aromatic carbocycles. The van der Waals surface area contributed by atoms with Gasteiger partial charge in [0.25, 0.3) is 11.8 Å². The lowest BCUT2D eigenvalue weighted by Gasteiger charge is -2.09. The summed E-state index contributed by atoms with van der Waals surface area (Å²) in [5.74, 6) is -3.44. The molecule has 0 radical (unpaired) electrons. The number of carboxylic acid groups (broad SMARTS) is 2. The monoisotopic (exact) mass is 410 g/mol. The quantitative estimate of drug-likeness (QED) is 0.490. The Morgan fingerprint density at radius 1 is 0.690 bits per heavy atom. The molecule has 0 aliphatic carbocycles. The van der Waals surface area contributed by atoms with Crippen LogP contribution < -0.4 is 10.6 Å². The zero-order valence-electron chi connectivity index (χ0n) is 14.7. The summed E-state index contributed by atoms with van der Waals surface area (Å²) in [6.45, 7) is 0. The molecule has 0 unspecified atom stereocenters. The number of thiophene rings is 1. The van der Waals surface area contributed by atoms with Crippen LogP contribution in [0.3, 0.4) is 0 Å². The number of aromatic carboxylic acids is 2. The molecule has 1 aromatic heterocycles. The third kappa shape index (κ3) is 4.85. The fourth-order valence-electron chi connectivity index (χ4n) is 2.46. The van der Waals surface area contributed by atoms with E-state index in [1.165, 1.54) is 35.6 Å². The van der Waals surface area contributed by atoms with E-state index in [4.69, 9.17) is 10.2 Å². The van der Waals surface area contributed by atoms with Crippen LogP contribution in [0, 0.1) is 0 Å². The van der Waals surface area contributed by atoms with Crippen molar-refractivity contribution < 1.29 is 29.4 Å². The van der Waals surface area contributed by atoms with E-state index < -0.39 is 17.8 Å². The first-order valence-electron chi connectivity index (χ1n) is 8.21. The number of nitrogens with one attached hydrogen (secondary N) is 2. The van der Waals surface area contributed by atoms with Crippen LogP contribution in [0.15, 0.2) is 60.0 Å². The zero-order valence-corrected chi connectivity index (χ0v) is 15.5. The number of benzene rings is 2. The van der Waals surface area contributed by atoms with E-state index in [9.17, 15) is 19.2 Å². The van der Waals surface area contributed by atoms with E-state index >= 15 is 0 Å². The summed E-state index contributed by atoms with van der Waals surface area (Å²) in [5.41, 5.74) is 0.277. The highest BCUT2D eigenvalue weighted by molar-refractivity contribution is 7.12. The molecule has 3 aromatic rings. The zero-order chi connectivity index (χ0) is 21.0. The third-order valence-corrected chi connectivity index (χ3v) is 4.70. The van der Waals surface area contributed by atoms with Crippen LogP contribution in [-0.2, 0) is 0 Å². The van der Waals surface area contributed by atoms with E-state index in [0.29, 0.717) is 10.6 Å². The molecule has 0 fully saturated rings. The Balaban J connectivity index is 1.73. The fourth-order valence-corrected chi connectivity index (χ4v) is 3.07. The number of carbonyl (C=O) groups is 4.